The van der Waals surface area contributed by atoms with E-state index in [0.29, 0.717) is 0 Å². The lowest BCUT2D eigenvalue weighted by Crippen LogP contribution is -2.49. The Labute approximate surface area is 103 Å². The number of aromatic nitrogens is 2. The molecule has 0 saturated heterocycles. The Bertz CT molecular complexity index is 342. The van der Waals surface area contributed by atoms with Crippen LogP contribution in [0.1, 0.15) is 44.9 Å². The van der Waals surface area contributed by atoms with Gasteiger partial charge in [-0.05, 0) is 19.8 Å². The zero-order valence-corrected chi connectivity index (χ0v) is 10.7. The van der Waals surface area contributed by atoms with Crippen molar-refractivity contribution in [3.05, 3.63) is 18.2 Å². The predicted octanol–water partition coefficient (Wildman–Crippen LogP) is 1.69. The second-order valence-corrected chi connectivity index (χ2v) is 4.98. The number of hydrogen-bond donors (Lipinski definition) is 2. The van der Waals surface area contributed by atoms with E-state index in [1.165, 1.54) is 19.3 Å². The molecule has 2 N–H and O–H groups in total. The van der Waals surface area contributed by atoms with Crippen LogP contribution in [0.5, 0.6) is 0 Å². The molecular weight excluding hydrogens is 214 g/mol. The lowest BCUT2D eigenvalue weighted by molar-refractivity contribution is 0.118. The molecular formula is C13H23N3O. The first-order valence-electron chi connectivity index (χ1n) is 6.65. The van der Waals surface area contributed by atoms with Gasteiger partial charge >= 0.3 is 0 Å². The van der Waals surface area contributed by atoms with Crippen molar-refractivity contribution in [1.82, 2.24) is 14.9 Å². The largest absolute Gasteiger partial charge is 0.394 e. The van der Waals surface area contributed by atoms with E-state index in [1.807, 2.05) is 12.4 Å². The van der Waals surface area contributed by atoms with Crippen molar-refractivity contribution in [3.8, 4) is 0 Å². The molecule has 1 saturated carbocycles. The summed E-state index contributed by atoms with van der Waals surface area (Å²) < 4.78 is 2.14. The molecule has 0 spiro atoms. The van der Waals surface area contributed by atoms with Crippen LogP contribution in [-0.4, -0.2) is 26.8 Å². The second kappa shape index (κ2) is 5.65. The van der Waals surface area contributed by atoms with Gasteiger partial charge in [0.25, 0.3) is 0 Å². The average Bonchev–Trinajstić information content (AvgIpc) is 2.85. The number of aliphatic hydroxyl groups is 1. The Morgan fingerprint density at radius 3 is 2.82 bits per heavy atom. The maximum absolute atomic E-state index is 9.61. The maximum atomic E-state index is 9.61. The Morgan fingerprint density at radius 1 is 1.41 bits per heavy atom. The third-order valence-electron chi connectivity index (χ3n) is 3.88. The zero-order valence-electron chi connectivity index (χ0n) is 10.7. The molecule has 0 aromatic carbocycles. The summed E-state index contributed by atoms with van der Waals surface area (Å²) in [6.07, 6.45) is 9.74. The van der Waals surface area contributed by atoms with Crippen LogP contribution in [0.25, 0.3) is 0 Å². The number of rotatable bonds is 5. The van der Waals surface area contributed by atoms with Crippen LogP contribution in [0, 0.1) is 0 Å². The van der Waals surface area contributed by atoms with Gasteiger partial charge in [0.1, 0.15) is 5.82 Å². The van der Waals surface area contributed by atoms with Gasteiger partial charge in [-0.15, -0.1) is 0 Å². The van der Waals surface area contributed by atoms with E-state index in [2.05, 4.69) is 21.8 Å². The molecule has 1 aliphatic rings. The van der Waals surface area contributed by atoms with Gasteiger partial charge in [0.15, 0.2) is 0 Å². The summed E-state index contributed by atoms with van der Waals surface area (Å²) in [6.45, 7) is 4.05. The Balaban J connectivity index is 1.95. The van der Waals surface area contributed by atoms with E-state index in [4.69, 9.17) is 0 Å². The molecule has 0 bridgehead atoms. The minimum atomic E-state index is -0.0667. The van der Waals surface area contributed by atoms with Gasteiger partial charge < -0.3 is 15.0 Å². The Kier molecular flexibility index (Phi) is 4.18. The van der Waals surface area contributed by atoms with Crippen LogP contribution < -0.4 is 5.32 Å². The minimum Gasteiger partial charge on any atom is -0.394 e. The third kappa shape index (κ3) is 2.87. The number of nitrogens with zero attached hydrogens (tertiary/aromatic N) is 2. The molecule has 1 aliphatic carbocycles. The lowest BCUT2D eigenvalue weighted by Gasteiger charge is -2.36. The topological polar surface area (TPSA) is 50.1 Å². The molecule has 1 heterocycles. The number of imidazole rings is 1. The van der Waals surface area contributed by atoms with Crippen molar-refractivity contribution in [2.45, 2.75) is 57.7 Å². The van der Waals surface area contributed by atoms with E-state index >= 15 is 0 Å². The van der Waals surface area contributed by atoms with Gasteiger partial charge in [0.2, 0.25) is 0 Å². The minimum absolute atomic E-state index is 0.0667. The molecule has 4 heteroatoms. The normalized spacial score (nSPS) is 19.4. The van der Waals surface area contributed by atoms with Crippen molar-refractivity contribution >= 4 is 0 Å². The fourth-order valence-electron chi connectivity index (χ4n) is 2.68. The summed E-state index contributed by atoms with van der Waals surface area (Å²) in [5.74, 6) is 1.06. The highest BCUT2D eigenvalue weighted by molar-refractivity contribution is 4.96. The standard InChI is InChI=1S/C13H23N3O/c1-2-16-9-8-14-12(16)10-15-13(11-17)6-4-3-5-7-13/h8-9,15,17H,2-7,10-11H2,1H3. The molecule has 0 atom stereocenters. The van der Waals surface area contributed by atoms with E-state index in [0.717, 1.165) is 31.8 Å². The maximum Gasteiger partial charge on any atom is 0.122 e. The van der Waals surface area contributed by atoms with E-state index < -0.39 is 0 Å². The Morgan fingerprint density at radius 2 is 2.18 bits per heavy atom. The summed E-state index contributed by atoms with van der Waals surface area (Å²) in [5, 5.41) is 13.1. The smallest absolute Gasteiger partial charge is 0.122 e. The molecule has 17 heavy (non-hydrogen) atoms. The van der Waals surface area contributed by atoms with Gasteiger partial charge in [-0.3, -0.25) is 0 Å². The first-order chi connectivity index (χ1) is 8.29. The molecule has 0 amide bonds. The molecule has 0 radical (unpaired) electrons. The fraction of sp³-hybridized carbons (Fsp3) is 0.769. The van der Waals surface area contributed by atoms with Crippen molar-refractivity contribution in [1.29, 1.82) is 0 Å². The van der Waals surface area contributed by atoms with E-state index in [1.54, 1.807) is 0 Å². The molecule has 0 aliphatic heterocycles. The van der Waals surface area contributed by atoms with Crippen LogP contribution in [0.2, 0.25) is 0 Å². The SMILES string of the molecule is CCn1ccnc1CNC1(CO)CCCCC1. The molecule has 2 rings (SSSR count). The van der Waals surface area contributed by atoms with Gasteiger partial charge in [-0.25, -0.2) is 4.98 Å². The molecule has 0 unspecified atom stereocenters. The van der Waals surface area contributed by atoms with Crippen molar-refractivity contribution < 1.29 is 5.11 Å². The first-order valence-corrected chi connectivity index (χ1v) is 6.65. The number of aryl methyl sites for hydroxylation is 1. The number of hydrogen-bond acceptors (Lipinski definition) is 3. The Hall–Kier alpha value is -0.870. The molecule has 96 valence electrons. The first kappa shape index (κ1) is 12.6. The number of aliphatic hydroxyl groups excluding tert-OH is 1. The zero-order chi connectivity index (χ0) is 12.1. The van der Waals surface area contributed by atoms with E-state index in [-0.39, 0.29) is 12.1 Å². The average molecular weight is 237 g/mol. The highest BCUT2D eigenvalue weighted by Gasteiger charge is 2.30. The van der Waals surface area contributed by atoms with E-state index in [9.17, 15) is 5.11 Å². The molecule has 1 fully saturated rings. The fourth-order valence-corrected chi connectivity index (χ4v) is 2.68. The monoisotopic (exact) mass is 237 g/mol. The van der Waals surface area contributed by atoms with Crippen LogP contribution in [0.3, 0.4) is 0 Å². The van der Waals surface area contributed by atoms with Gasteiger partial charge in [-0.2, -0.15) is 0 Å². The van der Waals surface area contributed by atoms with Crippen LogP contribution in [0.4, 0.5) is 0 Å². The van der Waals surface area contributed by atoms with Crippen LogP contribution in [0.15, 0.2) is 12.4 Å². The summed E-state index contributed by atoms with van der Waals surface area (Å²) in [6, 6.07) is 0. The summed E-state index contributed by atoms with van der Waals surface area (Å²) >= 11 is 0. The highest BCUT2D eigenvalue weighted by Crippen LogP contribution is 2.27. The lowest BCUT2D eigenvalue weighted by atomic mass is 9.82. The third-order valence-corrected chi connectivity index (χ3v) is 3.88. The summed E-state index contributed by atoms with van der Waals surface area (Å²) in [7, 11) is 0. The van der Waals surface area contributed by atoms with Gasteiger partial charge in [0, 0.05) is 24.5 Å². The predicted molar refractivity (Wildman–Crippen MR) is 67.6 cm³/mol. The van der Waals surface area contributed by atoms with Crippen molar-refractivity contribution in [2.24, 2.45) is 0 Å². The van der Waals surface area contributed by atoms with Crippen molar-refractivity contribution in [3.63, 3.8) is 0 Å². The highest BCUT2D eigenvalue weighted by atomic mass is 16.3. The molecule has 1 aromatic rings. The van der Waals surface area contributed by atoms with Crippen molar-refractivity contribution in [2.75, 3.05) is 6.61 Å². The quantitative estimate of drug-likeness (QED) is 0.819. The van der Waals surface area contributed by atoms with Crippen LogP contribution >= 0.6 is 0 Å². The summed E-state index contributed by atoms with van der Waals surface area (Å²) in [4.78, 5) is 4.36. The van der Waals surface area contributed by atoms with Gasteiger partial charge in [0.05, 0.1) is 13.2 Å². The van der Waals surface area contributed by atoms with Crippen LogP contribution in [-0.2, 0) is 13.1 Å². The molecule has 1 aromatic heterocycles. The number of nitrogens with one attached hydrogen (secondary N) is 1. The van der Waals surface area contributed by atoms with Gasteiger partial charge in [-0.1, -0.05) is 19.3 Å². The summed E-state index contributed by atoms with van der Waals surface area (Å²) in [5.41, 5.74) is -0.0667. The molecule has 4 nitrogen and oxygen atoms in total. The second-order valence-electron chi connectivity index (χ2n) is 4.98.